The second-order valence-electron chi connectivity index (χ2n) is 4.36. The summed E-state index contributed by atoms with van der Waals surface area (Å²) >= 11 is 1.14. The van der Waals surface area contributed by atoms with Crippen LogP contribution in [0.15, 0.2) is 0 Å². The highest BCUT2D eigenvalue weighted by Crippen LogP contribution is 2.40. The normalized spacial score (nSPS) is 18.6. The third-order valence-electron chi connectivity index (χ3n) is 3.12. The molecule has 0 spiro atoms. The van der Waals surface area contributed by atoms with Crippen molar-refractivity contribution in [1.82, 2.24) is 4.98 Å². The van der Waals surface area contributed by atoms with Gasteiger partial charge in [0.05, 0.1) is 9.88 Å². The predicted molar refractivity (Wildman–Crippen MR) is 60.8 cm³/mol. The van der Waals surface area contributed by atoms with Gasteiger partial charge in [-0.15, -0.1) is 11.3 Å². The molecular weight excluding hydrogens is 249 g/mol. The first-order valence-electron chi connectivity index (χ1n) is 5.79. The Labute approximate surface area is 102 Å². The molecule has 1 aliphatic carbocycles. The molecular formula is C11H15F3N2S. The lowest BCUT2D eigenvalue weighted by atomic mass is 9.90. The third-order valence-corrected chi connectivity index (χ3v) is 4.36. The van der Waals surface area contributed by atoms with Crippen LogP contribution in [0, 0.1) is 0 Å². The first kappa shape index (κ1) is 12.8. The van der Waals surface area contributed by atoms with Crippen LogP contribution in [0.2, 0.25) is 0 Å². The molecule has 0 bridgehead atoms. The molecule has 17 heavy (non-hydrogen) atoms. The molecule has 1 aromatic rings. The summed E-state index contributed by atoms with van der Waals surface area (Å²) in [5, 5.41) is 0.623. The summed E-state index contributed by atoms with van der Waals surface area (Å²) in [5.74, 6) is 0.204. The summed E-state index contributed by atoms with van der Waals surface area (Å²) in [6, 6.07) is 0. The zero-order valence-corrected chi connectivity index (χ0v) is 10.2. The smallest absolute Gasteiger partial charge is 0.326 e. The van der Waals surface area contributed by atoms with E-state index in [2.05, 4.69) is 4.98 Å². The van der Waals surface area contributed by atoms with Crippen molar-refractivity contribution in [2.75, 3.05) is 0 Å². The van der Waals surface area contributed by atoms with E-state index in [0.717, 1.165) is 37.0 Å². The minimum absolute atomic E-state index is 0.0841. The molecule has 1 saturated carbocycles. The lowest BCUT2D eigenvalue weighted by Crippen LogP contribution is -2.11. The number of rotatable bonds is 2. The third kappa shape index (κ3) is 2.80. The van der Waals surface area contributed by atoms with E-state index in [1.165, 1.54) is 6.42 Å². The predicted octanol–water partition coefficient (Wildman–Crippen LogP) is 3.67. The van der Waals surface area contributed by atoms with Gasteiger partial charge in [0.2, 0.25) is 0 Å². The average Bonchev–Trinajstić information content (AvgIpc) is 2.74. The number of aromatic nitrogens is 1. The largest absolute Gasteiger partial charge is 0.434 e. The number of alkyl halides is 3. The lowest BCUT2D eigenvalue weighted by molar-refractivity contribution is -0.141. The summed E-state index contributed by atoms with van der Waals surface area (Å²) in [5.41, 5.74) is 4.59. The minimum Gasteiger partial charge on any atom is -0.326 e. The fourth-order valence-electron chi connectivity index (χ4n) is 2.25. The molecule has 0 unspecified atom stereocenters. The maximum absolute atomic E-state index is 12.7. The standard InChI is InChI=1S/C11H15F3N2S/c12-11(13,14)9-8(6-15)17-10(16-9)7-4-2-1-3-5-7/h7H,1-6,15H2. The van der Waals surface area contributed by atoms with Crippen LogP contribution in [0.25, 0.3) is 0 Å². The van der Waals surface area contributed by atoms with E-state index in [1.54, 1.807) is 0 Å². The summed E-state index contributed by atoms with van der Waals surface area (Å²) < 4.78 is 38.1. The fraction of sp³-hybridized carbons (Fsp3) is 0.727. The summed E-state index contributed by atoms with van der Waals surface area (Å²) in [6.07, 6.45) is 0.882. The van der Waals surface area contributed by atoms with Crippen molar-refractivity contribution in [3.63, 3.8) is 0 Å². The van der Waals surface area contributed by atoms with Crippen molar-refractivity contribution in [2.24, 2.45) is 5.73 Å². The number of nitrogens with zero attached hydrogens (tertiary/aromatic N) is 1. The van der Waals surface area contributed by atoms with Gasteiger partial charge in [0.15, 0.2) is 5.69 Å². The van der Waals surface area contributed by atoms with Crippen LogP contribution in [0.1, 0.15) is 53.6 Å². The van der Waals surface area contributed by atoms with Crippen LogP contribution >= 0.6 is 11.3 Å². The topological polar surface area (TPSA) is 38.9 Å². The quantitative estimate of drug-likeness (QED) is 0.885. The number of nitrogens with two attached hydrogens (primary N) is 1. The molecule has 1 heterocycles. The molecule has 0 saturated heterocycles. The van der Waals surface area contributed by atoms with Crippen LogP contribution < -0.4 is 5.73 Å². The van der Waals surface area contributed by atoms with Gasteiger partial charge in [-0.2, -0.15) is 13.2 Å². The molecule has 1 aromatic heterocycles. The Balaban J connectivity index is 2.27. The molecule has 0 atom stereocenters. The van der Waals surface area contributed by atoms with Crippen molar-refractivity contribution in [3.8, 4) is 0 Å². The number of halogens is 3. The van der Waals surface area contributed by atoms with Crippen LogP contribution in [0.4, 0.5) is 13.2 Å². The first-order chi connectivity index (χ1) is 8.02. The zero-order chi connectivity index (χ0) is 12.5. The van der Waals surface area contributed by atoms with Crippen molar-refractivity contribution < 1.29 is 13.2 Å². The van der Waals surface area contributed by atoms with Gasteiger partial charge in [-0.25, -0.2) is 4.98 Å². The molecule has 0 aliphatic heterocycles. The van der Waals surface area contributed by atoms with E-state index in [9.17, 15) is 13.2 Å². The van der Waals surface area contributed by atoms with Gasteiger partial charge in [-0.05, 0) is 12.8 Å². The Morgan fingerprint density at radius 3 is 2.35 bits per heavy atom. The Morgan fingerprint density at radius 1 is 1.24 bits per heavy atom. The van der Waals surface area contributed by atoms with E-state index >= 15 is 0 Å². The van der Waals surface area contributed by atoms with Gasteiger partial charge in [0.1, 0.15) is 0 Å². The van der Waals surface area contributed by atoms with Crippen molar-refractivity contribution in [2.45, 2.75) is 50.7 Å². The Kier molecular flexibility index (Phi) is 3.73. The Morgan fingerprint density at radius 2 is 1.88 bits per heavy atom. The van der Waals surface area contributed by atoms with Crippen molar-refractivity contribution in [3.05, 3.63) is 15.6 Å². The molecule has 1 aliphatic rings. The van der Waals surface area contributed by atoms with Gasteiger partial charge in [-0.1, -0.05) is 19.3 Å². The molecule has 96 valence electrons. The number of thiazole rings is 1. The minimum atomic E-state index is -4.38. The Bertz CT molecular complexity index is 381. The van der Waals surface area contributed by atoms with Gasteiger partial charge in [0.25, 0.3) is 0 Å². The van der Waals surface area contributed by atoms with E-state index < -0.39 is 11.9 Å². The second kappa shape index (κ2) is 4.94. The monoisotopic (exact) mass is 264 g/mol. The van der Waals surface area contributed by atoms with Gasteiger partial charge in [0, 0.05) is 12.5 Å². The summed E-state index contributed by atoms with van der Waals surface area (Å²) in [7, 11) is 0. The van der Waals surface area contributed by atoms with E-state index in [-0.39, 0.29) is 17.3 Å². The van der Waals surface area contributed by atoms with E-state index in [0.29, 0.717) is 5.01 Å². The van der Waals surface area contributed by atoms with Gasteiger partial charge < -0.3 is 5.73 Å². The lowest BCUT2D eigenvalue weighted by Gasteiger charge is -2.18. The highest BCUT2D eigenvalue weighted by molar-refractivity contribution is 7.11. The molecule has 1 fully saturated rings. The highest BCUT2D eigenvalue weighted by Gasteiger charge is 2.37. The first-order valence-corrected chi connectivity index (χ1v) is 6.61. The molecule has 0 aromatic carbocycles. The zero-order valence-electron chi connectivity index (χ0n) is 9.39. The maximum Gasteiger partial charge on any atom is 0.434 e. The fourth-order valence-corrected chi connectivity index (χ4v) is 3.39. The number of hydrogen-bond acceptors (Lipinski definition) is 3. The Hall–Kier alpha value is -0.620. The van der Waals surface area contributed by atoms with E-state index in [4.69, 9.17) is 5.73 Å². The highest BCUT2D eigenvalue weighted by atomic mass is 32.1. The molecule has 6 heteroatoms. The van der Waals surface area contributed by atoms with Crippen LogP contribution in [-0.4, -0.2) is 4.98 Å². The van der Waals surface area contributed by atoms with Crippen LogP contribution in [-0.2, 0) is 12.7 Å². The van der Waals surface area contributed by atoms with Crippen molar-refractivity contribution in [1.29, 1.82) is 0 Å². The van der Waals surface area contributed by atoms with Gasteiger partial charge in [-0.3, -0.25) is 0 Å². The molecule has 2 N–H and O–H groups in total. The van der Waals surface area contributed by atoms with Gasteiger partial charge >= 0.3 is 6.18 Å². The van der Waals surface area contributed by atoms with Crippen LogP contribution in [0.3, 0.4) is 0 Å². The number of hydrogen-bond donors (Lipinski definition) is 1. The summed E-state index contributed by atoms with van der Waals surface area (Å²) in [6.45, 7) is -0.0841. The second-order valence-corrected chi connectivity index (χ2v) is 5.48. The van der Waals surface area contributed by atoms with Crippen molar-refractivity contribution >= 4 is 11.3 Å². The SMILES string of the molecule is NCc1sc(C2CCCCC2)nc1C(F)(F)F. The molecule has 2 rings (SSSR count). The molecule has 0 radical (unpaired) electrons. The van der Waals surface area contributed by atoms with E-state index in [1.807, 2.05) is 0 Å². The molecule has 2 nitrogen and oxygen atoms in total. The maximum atomic E-state index is 12.7. The summed E-state index contributed by atoms with van der Waals surface area (Å²) in [4.78, 5) is 3.95. The van der Waals surface area contributed by atoms with Crippen LogP contribution in [0.5, 0.6) is 0 Å². The molecule has 0 amide bonds. The average molecular weight is 264 g/mol.